The molecule has 0 unspecified atom stereocenters. The van der Waals surface area contributed by atoms with Crippen molar-refractivity contribution in [3.8, 4) is 0 Å². The molecule has 1 saturated heterocycles. The number of rotatable bonds is 5. The summed E-state index contributed by atoms with van der Waals surface area (Å²) in [5, 5.41) is 0.667. The van der Waals surface area contributed by atoms with Crippen LogP contribution in [0.5, 0.6) is 0 Å². The minimum atomic E-state index is 0. The Balaban J connectivity index is 0.00000180. The van der Waals surface area contributed by atoms with Crippen LogP contribution in [0.3, 0.4) is 0 Å². The minimum absolute atomic E-state index is 0. The van der Waals surface area contributed by atoms with E-state index in [1.54, 1.807) is 11.3 Å². The zero-order valence-corrected chi connectivity index (χ0v) is 13.3. The van der Waals surface area contributed by atoms with E-state index in [-0.39, 0.29) is 12.4 Å². The molecule has 2 heterocycles. The lowest BCUT2D eigenvalue weighted by atomic mass is 10.1. The van der Waals surface area contributed by atoms with E-state index in [9.17, 15) is 0 Å². The summed E-state index contributed by atoms with van der Waals surface area (Å²) in [6.07, 6.45) is 4.62. The van der Waals surface area contributed by atoms with Crippen molar-refractivity contribution in [2.45, 2.75) is 39.3 Å². The summed E-state index contributed by atoms with van der Waals surface area (Å²) in [6, 6.07) is 0. The van der Waals surface area contributed by atoms with Crippen LogP contribution in [0.4, 0.5) is 5.13 Å². The largest absolute Gasteiger partial charge is 0.378 e. The maximum atomic E-state index is 5.89. The van der Waals surface area contributed by atoms with E-state index in [0.29, 0.717) is 17.2 Å². The normalized spacial score (nSPS) is 17.6. The molecule has 0 saturated carbocycles. The lowest BCUT2D eigenvalue weighted by molar-refractivity contribution is -0.00569. The van der Waals surface area contributed by atoms with Gasteiger partial charge in [0.05, 0.1) is 6.10 Å². The summed E-state index contributed by atoms with van der Waals surface area (Å²) in [7, 11) is 0. The summed E-state index contributed by atoms with van der Waals surface area (Å²) < 4.78 is 5.89. The molecule has 1 aliphatic rings. The van der Waals surface area contributed by atoms with E-state index < -0.39 is 0 Å². The molecule has 110 valence electrons. The van der Waals surface area contributed by atoms with E-state index in [0.717, 1.165) is 39.1 Å². The maximum Gasteiger partial charge on any atom is 0.180 e. The van der Waals surface area contributed by atoms with Gasteiger partial charge in [0.1, 0.15) is 0 Å². The first-order valence-corrected chi connectivity index (χ1v) is 7.49. The minimum Gasteiger partial charge on any atom is -0.378 e. The van der Waals surface area contributed by atoms with Gasteiger partial charge in [-0.15, -0.1) is 23.7 Å². The monoisotopic (exact) mass is 305 g/mol. The van der Waals surface area contributed by atoms with Crippen LogP contribution in [0, 0.1) is 5.92 Å². The molecular formula is C13H24ClN3OS. The molecule has 4 nitrogen and oxygen atoms in total. The molecule has 0 amide bonds. The number of aromatic nitrogens is 1. The summed E-state index contributed by atoms with van der Waals surface area (Å²) in [5.41, 5.74) is 5.64. The molecule has 1 aromatic rings. The van der Waals surface area contributed by atoms with Crippen molar-refractivity contribution < 1.29 is 4.74 Å². The zero-order chi connectivity index (χ0) is 13.0. The van der Waals surface area contributed by atoms with Crippen LogP contribution >= 0.6 is 23.7 Å². The Kier molecular flexibility index (Phi) is 7.07. The van der Waals surface area contributed by atoms with Gasteiger partial charge < -0.3 is 10.5 Å². The number of hydrogen-bond acceptors (Lipinski definition) is 5. The number of nitrogens with two attached hydrogens (primary N) is 1. The third-order valence-electron chi connectivity index (χ3n) is 3.15. The highest BCUT2D eigenvalue weighted by Gasteiger charge is 2.20. The number of ether oxygens (including phenoxy) is 1. The number of likely N-dealkylation sites (tertiary alicyclic amines) is 1. The molecule has 0 aliphatic carbocycles. The second kappa shape index (κ2) is 8.04. The topological polar surface area (TPSA) is 51.4 Å². The highest BCUT2D eigenvalue weighted by Crippen LogP contribution is 2.20. The van der Waals surface area contributed by atoms with Crippen molar-refractivity contribution in [1.82, 2.24) is 9.88 Å². The van der Waals surface area contributed by atoms with Crippen molar-refractivity contribution in [2.75, 3.05) is 25.4 Å². The fourth-order valence-corrected chi connectivity index (χ4v) is 2.91. The van der Waals surface area contributed by atoms with E-state index in [1.165, 1.54) is 4.88 Å². The molecular weight excluding hydrogens is 282 g/mol. The van der Waals surface area contributed by atoms with Crippen molar-refractivity contribution in [3.05, 3.63) is 11.1 Å². The molecule has 19 heavy (non-hydrogen) atoms. The van der Waals surface area contributed by atoms with Crippen molar-refractivity contribution in [3.63, 3.8) is 0 Å². The van der Waals surface area contributed by atoms with Gasteiger partial charge in [0.25, 0.3) is 0 Å². The average Bonchev–Trinajstić information content (AvgIpc) is 2.74. The molecule has 2 rings (SSSR count). The van der Waals surface area contributed by atoms with Crippen LogP contribution in [0.2, 0.25) is 0 Å². The van der Waals surface area contributed by atoms with Crippen LogP contribution in [0.15, 0.2) is 6.20 Å². The average molecular weight is 306 g/mol. The van der Waals surface area contributed by atoms with Gasteiger partial charge in [-0.05, 0) is 18.8 Å². The SMILES string of the molecule is CC(C)COC1CCN(Cc2cnc(N)s2)CC1.Cl. The highest BCUT2D eigenvalue weighted by atomic mass is 35.5. The molecule has 0 aromatic carbocycles. The summed E-state index contributed by atoms with van der Waals surface area (Å²) >= 11 is 1.59. The first-order chi connectivity index (χ1) is 8.63. The molecule has 6 heteroatoms. The standard InChI is InChI=1S/C13H23N3OS.ClH/c1-10(2)9-17-11-3-5-16(6-4-11)8-12-7-15-13(14)18-12;/h7,10-11H,3-6,8-9H2,1-2H3,(H2,14,15);1H. The molecule has 0 atom stereocenters. The van der Waals surface area contributed by atoms with E-state index >= 15 is 0 Å². The molecule has 1 aliphatic heterocycles. The Morgan fingerprint density at radius 2 is 2.16 bits per heavy atom. The lowest BCUT2D eigenvalue weighted by Crippen LogP contribution is -2.36. The first kappa shape index (κ1) is 16.7. The summed E-state index contributed by atoms with van der Waals surface area (Å²) in [5.74, 6) is 0.628. The molecule has 1 aromatic heterocycles. The van der Waals surface area contributed by atoms with Crippen LogP contribution in [0.1, 0.15) is 31.6 Å². The van der Waals surface area contributed by atoms with E-state index in [2.05, 4.69) is 23.7 Å². The Morgan fingerprint density at radius 3 is 2.68 bits per heavy atom. The zero-order valence-electron chi connectivity index (χ0n) is 11.7. The number of halogens is 1. The number of anilines is 1. The Bertz CT molecular complexity index is 365. The van der Waals surface area contributed by atoms with Gasteiger partial charge in [-0.3, -0.25) is 4.90 Å². The predicted molar refractivity (Wildman–Crippen MR) is 82.9 cm³/mol. The Hall–Kier alpha value is -0.360. The second-order valence-corrected chi connectivity index (χ2v) is 6.51. The number of hydrogen-bond donors (Lipinski definition) is 1. The predicted octanol–water partition coefficient (Wildman–Crippen LogP) is 2.78. The molecule has 0 spiro atoms. The van der Waals surface area contributed by atoms with Gasteiger partial charge in [-0.1, -0.05) is 13.8 Å². The Labute approximate surface area is 125 Å². The van der Waals surface area contributed by atoms with Crippen LogP contribution in [-0.4, -0.2) is 35.7 Å². The molecule has 0 radical (unpaired) electrons. The van der Waals surface area contributed by atoms with Crippen molar-refractivity contribution >= 4 is 28.9 Å². The van der Waals surface area contributed by atoms with Gasteiger partial charge in [0.2, 0.25) is 0 Å². The maximum absolute atomic E-state index is 5.89. The smallest absolute Gasteiger partial charge is 0.180 e. The fourth-order valence-electron chi connectivity index (χ4n) is 2.18. The molecule has 0 bridgehead atoms. The fraction of sp³-hybridized carbons (Fsp3) is 0.769. The molecule has 1 fully saturated rings. The lowest BCUT2D eigenvalue weighted by Gasteiger charge is -2.31. The van der Waals surface area contributed by atoms with Crippen molar-refractivity contribution in [1.29, 1.82) is 0 Å². The van der Waals surface area contributed by atoms with Gasteiger partial charge in [0.15, 0.2) is 5.13 Å². The highest BCUT2D eigenvalue weighted by molar-refractivity contribution is 7.15. The van der Waals surface area contributed by atoms with Crippen LogP contribution in [-0.2, 0) is 11.3 Å². The quantitative estimate of drug-likeness (QED) is 0.909. The third-order valence-corrected chi connectivity index (χ3v) is 3.96. The van der Waals surface area contributed by atoms with Gasteiger partial charge in [-0.2, -0.15) is 0 Å². The van der Waals surface area contributed by atoms with E-state index in [4.69, 9.17) is 10.5 Å². The number of piperidine rings is 1. The van der Waals surface area contributed by atoms with E-state index in [1.807, 2.05) is 6.20 Å². The molecule has 2 N–H and O–H groups in total. The summed E-state index contributed by atoms with van der Waals surface area (Å²) in [4.78, 5) is 7.81. The first-order valence-electron chi connectivity index (χ1n) is 6.67. The van der Waals surface area contributed by atoms with Gasteiger partial charge in [0, 0.05) is 37.3 Å². The van der Waals surface area contributed by atoms with Gasteiger partial charge in [-0.25, -0.2) is 4.98 Å². The third kappa shape index (κ3) is 5.65. The van der Waals surface area contributed by atoms with Crippen molar-refractivity contribution in [2.24, 2.45) is 5.92 Å². The van der Waals surface area contributed by atoms with Crippen LogP contribution in [0.25, 0.3) is 0 Å². The number of thiazole rings is 1. The second-order valence-electron chi connectivity index (χ2n) is 5.37. The Morgan fingerprint density at radius 1 is 1.47 bits per heavy atom. The number of nitrogen functional groups attached to an aromatic ring is 1. The van der Waals surface area contributed by atoms with Crippen LogP contribution < -0.4 is 5.73 Å². The summed E-state index contributed by atoms with van der Waals surface area (Å²) in [6.45, 7) is 8.48. The van der Waals surface area contributed by atoms with Gasteiger partial charge >= 0.3 is 0 Å². The number of nitrogens with zero attached hydrogens (tertiary/aromatic N) is 2.